The van der Waals surface area contributed by atoms with Crippen LogP contribution in [0.2, 0.25) is 0 Å². The number of fused-ring (bicyclic) bond motifs is 8. The molecular weight excluding hydrogens is 1430 g/mol. The molecule has 0 saturated heterocycles. The van der Waals surface area contributed by atoms with E-state index in [2.05, 4.69) is 350 Å². The molecule has 0 fully saturated rings. The van der Waals surface area contributed by atoms with Crippen molar-refractivity contribution in [3.63, 3.8) is 0 Å². The standard InChI is InChI=1S/C93H100N5OS.Pt/c1-86(2,3)59-40-41-95-80(52-59)98-78-39-38-69-68-30-28-33-75(94-25)84(68)100-85(69)82(78)70-37-36-66(54-79(70)98)99-67-47-58(81-73(92(19,20)21)31-29-32-74(81)93(22,23)24)46-65(53-67)96-55-97(77-35-27-26-34-76(77)96)83-71(56-42-60(87(4,5)6)48-61(43-56)88(7,8)9)50-64(91(16,17)18)51-72(83)57-44-62(89(10,11)12)49-63(45-57)90(13,14)15;/h26-52,55H,1-24H3;/q-3;. The van der Waals surface area contributed by atoms with Gasteiger partial charge < -0.3 is 19.1 Å². The molecule has 0 bridgehead atoms. The Hall–Kier alpha value is -8.27. The molecule has 9 aromatic carbocycles. The normalized spacial score (nSPS) is 13.6. The van der Waals surface area contributed by atoms with E-state index in [0.717, 1.165) is 76.1 Å². The third-order valence-corrected chi connectivity index (χ3v) is 21.6. The molecule has 101 heavy (non-hydrogen) atoms. The number of rotatable bonds is 8. The van der Waals surface area contributed by atoms with Gasteiger partial charge in [0.15, 0.2) is 0 Å². The van der Waals surface area contributed by atoms with E-state index in [-0.39, 0.29) is 64.4 Å². The number of hydrogen-bond donors (Lipinski definition) is 0. The number of ether oxygens (including phenoxy) is 1. The molecule has 4 heterocycles. The summed E-state index contributed by atoms with van der Waals surface area (Å²) in [4.78, 5) is 13.9. The molecule has 0 saturated carbocycles. The van der Waals surface area contributed by atoms with Crippen LogP contribution < -0.4 is 14.5 Å². The molecule has 12 aromatic rings. The molecule has 0 unspecified atom stereocenters. The first-order chi connectivity index (χ1) is 46.6. The molecule has 0 aliphatic carbocycles. The summed E-state index contributed by atoms with van der Waals surface area (Å²) in [6.45, 7) is 66.3. The fourth-order valence-corrected chi connectivity index (χ4v) is 15.6. The Morgan fingerprint density at radius 3 is 1.45 bits per heavy atom. The first-order valence-corrected chi connectivity index (χ1v) is 36.5. The van der Waals surface area contributed by atoms with E-state index in [1.54, 1.807) is 11.3 Å². The largest absolute Gasteiger partial charge is 0.509 e. The van der Waals surface area contributed by atoms with E-state index in [1.165, 1.54) is 72.3 Å². The third-order valence-electron chi connectivity index (χ3n) is 20.3. The van der Waals surface area contributed by atoms with Crippen LogP contribution in [0.3, 0.4) is 0 Å². The van der Waals surface area contributed by atoms with Gasteiger partial charge in [-0.05, 0) is 163 Å². The van der Waals surface area contributed by atoms with Gasteiger partial charge in [0.25, 0.3) is 0 Å². The number of anilines is 4. The topological polar surface area (TPSA) is 37.9 Å². The Morgan fingerprint density at radius 1 is 0.436 bits per heavy atom. The van der Waals surface area contributed by atoms with Gasteiger partial charge in [0, 0.05) is 81.9 Å². The summed E-state index contributed by atoms with van der Waals surface area (Å²) < 4.78 is 11.8. The number of aromatic nitrogens is 2. The second-order valence-corrected chi connectivity index (χ2v) is 37.4. The minimum absolute atomic E-state index is 0. The summed E-state index contributed by atoms with van der Waals surface area (Å²) in [5, 5.41) is 4.33. The van der Waals surface area contributed by atoms with Crippen LogP contribution in [0.1, 0.15) is 211 Å². The maximum absolute atomic E-state index is 8.15. The molecule has 6 nitrogen and oxygen atoms in total. The summed E-state index contributed by atoms with van der Waals surface area (Å²) in [5.41, 5.74) is 22.4. The zero-order valence-electron chi connectivity index (χ0n) is 64.0. The molecule has 522 valence electrons. The maximum atomic E-state index is 8.15. The van der Waals surface area contributed by atoms with Crippen LogP contribution in [0.25, 0.3) is 86.0 Å². The van der Waals surface area contributed by atoms with Crippen LogP contribution >= 0.6 is 11.3 Å². The second-order valence-electron chi connectivity index (χ2n) is 36.3. The molecule has 8 heteroatoms. The molecule has 3 aromatic heterocycles. The van der Waals surface area contributed by atoms with Crippen molar-refractivity contribution < 1.29 is 25.8 Å². The third kappa shape index (κ3) is 13.6. The molecule has 13 rings (SSSR count). The van der Waals surface area contributed by atoms with E-state index in [9.17, 15) is 0 Å². The zero-order valence-corrected chi connectivity index (χ0v) is 67.1. The van der Waals surface area contributed by atoms with Gasteiger partial charge in [0.1, 0.15) is 5.82 Å². The van der Waals surface area contributed by atoms with Gasteiger partial charge in [-0.15, -0.1) is 65.0 Å². The molecule has 0 amide bonds. The van der Waals surface area contributed by atoms with Gasteiger partial charge in [-0.2, -0.15) is 6.07 Å². The predicted molar refractivity (Wildman–Crippen MR) is 429 cm³/mol. The second kappa shape index (κ2) is 25.3. The van der Waals surface area contributed by atoms with Crippen LogP contribution in [-0.4, -0.2) is 9.55 Å². The molecular formula is C93H100N5OPtS-3. The van der Waals surface area contributed by atoms with Crippen molar-refractivity contribution in [1.29, 1.82) is 0 Å². The smallest absolute Gasteiger partial charge is 0.204 e. The van der Waals surface area contributed by atoms with Gasteiger partial charge in [-0.1, -0.05) is 263 Å². The molecule has 0 spiro atoms. The van der Waals surface area contributed by atoms with Crippen molar-refractivity contribution in [2.45, 2.75) is 209 Å². The summed E-state index contributed by atoms with van der Waals surface area (Å²) in [6, 6.07) is 67.0. The number of pyridine rings is 1. The number of nitrogens with zero attached hydrogens (tertiary/aromatic N) is 5. The molecule has 0 N–H and O–H groups in total. The van der Waals surface area contributed by atoms with Gasteiger partial charge in [0.05, 0.1) is 6.57 Å². The van der Waals surface area contributed by atoms with Crippen LogP contribution in [0, 0.1) is 25.4 Å². The van der Waals surface area contributed by atoms with E-state index in [1.807, 2.05) is 18.3 Å². The SMILES string of the molecule is [C-]#[N+]c1cccc2c1sc1c2ccc2c1c1ccc(Oc3[c-]c(N4[CH-]N(c5c(-c6cc(C(C)(C)C)cc(C(C)(C)C)c6)cc(C(C)(C)C)cc5-c5cc(C(C)(C)C)cc(C(C)(C)C)c5)c5ccccc54)cc(-c4c(C(C)(C)C)cccc4C(C)(C)C)c3)[c-]c1n2-c1cc(C(C)(C)C)ccn1.[Pt]. The van der Waals surface area contributed by atoms with Gasteiger partial charge in [-0.3, -0.25) is 0 Å². The molecule has 1 aliphatic heterocycles. The van der Waals surface area contributed by atoms with Crippen molar-refractivity contribution in [3.8, 4) is 50.7 Å². The minimum Gasteiger partial charge on any atom is -0.509 e. The molecule has 1 aliphatic rings. The summed E-state index contributed by atoms with van der Waals surface area (Å²) in [5.74, 6) is 1.90. The first kappa shape index (κ1) is 72.5. The maximum Gasteiger partial charge on any atom is 0.204 e. The Balaban J connectivity index is 0.00000965. The van der Waals surface area contributed by atoms with Crippen molar-refractivity contribution >= 4 is 81.8 Å². The van der Waals surface area contributed by atoms with Gasteiger partial charge >= 0.3 is 0 Å². The van der Waals surface area contributed by atoms with E-state index >= 15 is 0 Å². The van der Waals surface area contributed by atoms with Crippen molar-refractivity contribution in [2.24, 2.45) is 0 Å². The Morgan fingerprint density at radius 2 is 0.931 bits per heavy atom. The van der Waals surface area contributed by atoms with Crippen LogP contribution in [0.5, 0.6) is 11.5 Å². The number of hydrogen-bond acceptors (Lipinski definition) is 5. The summed E-state index contributed by atoms with van der Waals surface area (Å²) in [7, 11) is 0. The number of thiophene rings is 1. The Kier molecular flexibility index (Phi) is 18.2. The zero-order chi connectivity index (χ0) is 72.1. The number of benzene rings is 9. The van der Waals surface area contributed by atoms with E-state index in [4.69, 9.17) is 16.3 Å². The van der Waals surface area contributed by atoms with Crippen LogP contribution in [0.15, 0.2) is 164 Å². The average molecular weight is 1530 g/mol. The minimum atomic E-state index is -0.219. The Bertz CT molecular complexity index is 5110. The summed E-state index contributed by atoms with van der Waals surface area (Å²) in [6.07, 6.45) is 1.93. The average Bonchev–Trinajstić information content (AvgIpc) is 1.61. The van der Waals surface area contributed by atoms with E-state index < -0.39 is 0 Å². The molecule has 0 radical (unpaired) electrons. The van der Waals surface area contributed by atoms with Crippen molar-refractivity contribution in [3.05, 3.63) is 239 Å². The van der Waals surface area contributed by atoms with Crippen molar-refractivity contribution in [2.75, 3.05) is 9.80 Å². The van der Waals surface area contributed by atoms with Gasteiger partial charge in [0.2, 0.25) is 5.69 Å². The number of para-hydroxylation sites is 2. The molecule has 0 atom stereocenters. The monoisotopic (exact) mass is 1530 g/mol. The van der Waals surface area contributed by atoms with Crippen LogP contribution in [0.4, 0.5) is 28.4 Å². The quantitative estimate of drug-likeness (QED) is 0.142. The fraction of sp³-hybridized carbons (Fsp3) is 0.344. The van der Waals surface area contributed by atoms with E-state index in [0.29, 0.717) is 17.2 Å². The fourth-order valence-electron chi connectivity index (χ4n) is 14.3. The predicted octanol–water partition coefficient (Wildman–Crippen LogP) is 27.3. The Labute approximate surface area is 621 Å². The van der Waals surface area contributed by atoms with Crippen molar-refractivity contribution in [1.82, 2.24) is 9.55 Å². The first-order valence-electron chi connectivity index (χ1n) is 35.7. The van der Waals surface area contributed by atoms with Crippen LogP contribution in [-0.2, 0) is 64.4 Å². The van der Waals surface area contributed by atoms with Gasteiger partial charge in [-0.25, -0.2) is 9.83 Å². The summed E-state index contributed by atoms with van der Waals surface area (Å²) >= 11 is 1.69.